The Bertz CT molecular complexity index is 1610. The van der Waals surface area contributed by atoms with E-state index in [1.54, 1.807) is 54.6 Å². The highest BCUT2D eigenvalue weighted by Gasteiger charge is 2.33. The number of carbonyl (C=O) groups is 7. The highest BCUT2D eigenvalue weighted by Crippen LogP contribution is 2.12. The minimum atomic E-state index is -1.44. The van der Waals surface area contributed by atoms with E-state index >= 15 is 0 Å². The summed E-state index contributed by atoms with van der Waals surface area (Å²) in [5.74, 6) is -5.56. The van der Waals surface area contributed by atoms with Crippen molar-refractivity contribution in [3.05, 3.63) is 71.8 Å². The number of nitrogens with one attached hydrogen (secondary N) is 5. The SMILES string of the molecule is CC(C)C[C@H](NC(=O)[C@H](Cc1ccccc1)NC(=O)[C@H](Cc1ccccc1)NC(=O)[C@H](CC(C)C)NC(=O)[C@@H](N)CCCCN)C(=O)N[C@@H](CCC(N)=O)C(=O)O. The van der Waals surface area contributed by atoms with Crippen LogP contribution in [0.25, 0.3) is 0 Å². The summed E-state index contributed by atoms with van der Waals surface area (Å²) in [4.78, 5) is 91.9. The van der Waals surface area contributed by atoms with Crippen molar-refractivity contribution >= 4 is 41.4 Å². The summed E-state index contributed by atoms with van der Waals surface area (Å²) in [5.41, 5.74) is 18.3. The van der Waals surface area contributed by atoms with Gasteiger partial charge < -0.3 is 48.9 Å². The van der Waals surface area contributed by atoms with Crippen molar-refractivity contribution < 1.29 is 38.7 Å². The summed E-state index contributed by atoms with van der Waals surface area (Å²) in [6, 6.07) is 10.9. The lowest BCUT2D eigenvalue weighted by atomic mass is 9.99. The molecule has 6 amide bonds. The zero-order valence-corrected chi connectivity index (χ0v) is 33.5. The lowest BCUT2D eigenvalue weighted by Crippen LogP contribution is -2.60. The highest BCUT2D eigenvalue weighted by atomic mass is 16.4. The number of aliphatic carboxylic acids is 1. The fourth-order valence-corrected chi connectivity index (χ4v) is 6.08. The molecule has 314 valence electrons. The predicted molar refractivity (Wildman–Crippen MR) is 216 cm³/mol. The van der Waals surface area contributed by atoms with Crippen LogP contribution in [0.3, 0.4) is 0 Å². The molecular weight excluding hydrogens is 732 g/mol. The Labute approximate surface area is 335 Å². The van der Waals surface area contributed by atoms with Crippen molar-refractivity contribution in [2.45, 2.75) is 122 Å². The largest absolute Gasteiger partial charge is 0.480 e. The molecule has 2 aromatic rings. The second kappa shape index (κ2) is 25.0. The van der Waals surface area contributed by atoms with Crippen LogP contribution in [-0.2, 0) is 46.4 Å². The van der Waals surface area contributed by atoms with E-state index in [0.29, 0.717) is 36.9 Å². The smallest absolute Gasteiger partial charge is 0.326 e. The molecule has 0 aromatic heterocycles. The number of primary amides is 1. The van der Waals surface area contributed by atoms with Crippen molar-refractivity contribution in [1.29, 1.82) is 0 Å². The van der Waals surface area contributed by atoms with E-state index in [0.717, 1.165) is 0 Å². The summed E-state index contributed by atoms with van der Waals surface area (Å²) in [6.45, 7) is 7.89. The van der Waals surface area contributed by atoms with Gasteiger partial charge in [-0.25, -0.2) is 4.79 Å². The van der Waals surface area contributed by atoms with E-state index in [9.17, 15) is 38.7 Å². The molecule has 0 aliphatic rings. The van der Waals surface area contributed by atoms with Crippen molar-refractivity contribution in [1.82, 2.24) is 26.6 Å². The number of carbonyl (C=O) groups excluding carboxylic acids is 6. The Kier molecular flexibility index (Phi) is 21.0. The van der Waals surface area contributed by atoms with E-state index in [1.165, 1.54) is 0 Å². The third-order valence-corrected chi connectivity index (χ3v) is 9.11. The van der Waals surface area contributed by atoms with Crippen LogP contribution in [0.1, 0.15) is 83.8 Å². The zero-order chi connectivity index (χ0) is 42.5. The first kappa shape index (κ1) is 47.8. The maximum Gasteiger partial charge on any atom is 0.326 e. The monoisotopic (exact) mass is 794 g/mol. The number of unbranched alkanes of at least 4 members (excludes halogenated alkanes) is 1. The summed E-state index contributed by atoms with van der Waals surface area (Å²) in [7, 11) is 0. The van der Waals surface area contributed by atoms with Gasteiger partial charge in [0, 0.05) is 19.3 Å². The van der Waals surface area contributed by atoms with Crippen LogP contribution in [-0.4, -0.2) is 89.3 Å². The molecule has 0 aliphatic carbocycles. The summed E-state index contributed by atoms with van der Waals surface area (Å²) in [5, 5.41) is 23.1. The standard InChI is InChI=1S/C41H62N8O8/c1-25(2)21-31(46-36(51)29(43)17-11-12-20-42)38(53)48-34(24-28-15-9-6-10-16-28)40(55)49-33(23-27-13-7-5-8-14-27)39(54)47-32(22-26(3)4)37(52)45-30(41(56)57)18-19-35(44)50/h5-10,13-16,25-26,29-34H,11-12,17-24,42-43H2,1-4H3,(H2,44,50)(H,45,52)(H,46,51)(H,47,54)(H,48,53)(H,49,55)(H,56,57)/t29-,30-,31-,32-,33-,34-/m0/s1. The Morgan fingerprint density at radius 1 is 0.561 bits per heavy atom. The fraction of sp³-hybridized carbons (Fsp3) is 0.537. The van der Waals surface area contributed by atoms with Gasteiger partial charge in [0.1, 0.15) is 30.2 Å². The van der Waals surface area contributed by atoms with Gasteiger partial charge in [-0.1, -0.05) is 94.8 Å². The molecule has 2 rings (SSSR count). The molecule has 6 atom stereocenters. The van der Waals surface area contributed by atoms with Gasteiger partial charge in [-0.2, -0.15) is 0 Å². The number of hydrogen-bond acceptors (Lipinski definition) is 9. The Balaban J connectivity index is 2.43. The molecule has 0 radical (unpaired) electrons. The number of rotatable bonds is 26. The fourth-order valence-electron chi connectivity index (χ4n) is 6.08. The second-order valence-corrected chi connectivity index (χ2v) is 15.2. The molecule has 2 aromatic carbocycles. The van der Waals surface area contributed by atoms with E-state index < -0.39 is 77.7 Å². The highest BCUT2D eigenvalue weighted by molar-refractivity contribution is 5.96. The van der Waals surface area contributed by atoms with Crippen LogP contribution in [0.5, 0.6) is 0 Å². The third kappa shape index (κ3) is 18.4. The van der Waals surface area contributed by atoms with Gasteiger partial charge in [-0.3, -0.25) is 28.8 Å². The zero-order valence-electron chi connectivity index (χ0n) is 33.5. The molecule has 0 heterocycles. The summed E-state index contributed by atoms with van der Waals surface area (Å²) >= 11 is 0. The normalized spacial score (nSPS) is 14.3. The van der Waals surface area contributed by atoms with Crippen molar-refractivity contribution in [2.24, 2.45) is 29.0 Å². The van der Waals surface area contributed by atoms with Gasteiger partial charge in [0.25, 0.3) is 0 Å². The number of nitrogens with two attached hydrogens (primary N) is 3. The first-order valence-corrected chi connectivity index (χ1v) is 19.6. The molecule has 0 spiro atoms. The lowest BCUT2D eigenvalue weighted by Gasteiger charge is -2.28. The van der Waals surface area contributed by atoms with Crippen LogP contribution in [0.4, 0.5) is 0 Å². The molecule has 0 unspecified atom stereocenters. The third-order valence-electron chi connectivity index (χ3n) is 9.11. The van der Waals surface area contributed by atoms with E-state index in [-0.39, 0.29) is 50.4 Å². The van der Waals surface area contributed by atoms with Crippen LogP contribution >= 0.6 is 0 Å². The average molecular weight is 795 g/mol. The Hall–Kier alpha value is -5.35. The minimum Gasteiger partial charge on any atom is -0.480 e. The van der Waals surface area contributed by atoms with Gasteiger partial charge in [0.05, 0.1) is 6.04 Å². The number of amides is 6. The van der Waals surface area contributed by atoms with Crippen LogP contribution in [0.15, 0.2) is 60.7 Å². The molecule has 12 N–H and O–H groups in total. The van der Waals surface area contributed by atoms with Crippen molar-refractivity contribution in [2.75, 3.05) is 6.54 Å². The van der Waals surface area contributed by atoms with E-state index in [2.05, 4.69) is 26.6 Å². The van der Waals surface area contributed by atoms with Crippen molar-refractivity contribution in [3.63, 3.8) is 0 Å². The lowest BCUT2D eigenvalue weighted by molar-refractivity contribution is -0.142. The topological polar surface area (TPSA) is 278 Å². The van der Waals surface area contributed by atoms with Gasteiger partial charge >= 0.3 is 5.97 Å². The Morgan fingerprint density at radius 3 is 1.33 bits per heavy atom. The van der Waals surface area contributed by atoms with Crippen LogP contribution in [0, 0.1) is 11.8 Å². The molecule has 57 heavy (non-hydrogen) atoms. The van der Waals surface area contributed by atoms with E-state index in [1.807, 2.05) is 33.8 Å². The van der Waals surface area contributed by atoms with Crippen LogP contribution < -0.4 is 43.8 Å². The minimum absolute atomic E-state index is 0.00483. The van der Waals surface area contributed by atoms with Gasteiger partial charge in [0.2, 0.25) is 35.4 Å². The maximum absolute atomic E-state index is 14.2. The molecule has 0 saturated carbocycles. The van der Waals surface area contributed by atoms with E-state index in [4.69, 9.17) is 17.2 Å². The number of carboxylic acids is 1. The molecule has 16 nitrogen and oxygen atoms in total. The predicted octanol–water partition coefficient (Wildman–Crippen LogP) is 0.794. The number of hydrogen-bond donors (Lipinski definition) is 9. The van der Waals surface area contributed by atoms with Crippen LogP contribution in [0.2, 0.25) is 0 Å². The average Bonchev–Trinajstić information content (AvgIpc) is 3.15. The van der Waals surface area contributed by atoms with Gasteiger partial charge in [0.15, 0.2) is 0 Å². The molecular formula is C41H62N8O8. The molecule has 0 saturated heterocycles. The molecule has 16 heteroatoms. The Morgan fingerprint density at radius 2 is 0.947 bits per heavy atom. The van der Waals surface area contributed by atoms with Gasteiger partial charge in [-0.05, 0) is 61.6 Å². The quantitative estimate of drug-likeness (QED) is 0.0604. The number of benzene rings is 2. The second-order valence-electron chi connectivity index (χ2n) is 15.2. The molecule has 0 aliphatic heterocycles. The maximum atomic E-state index is 14.2. The first-order valence-electron chi connectivity index (χ1n) is 19.6. The summed E-state index contributed by atoms with van der Waals surface area (Å²) < 4.78 is 0. The number of carboxylic acid groups (broad SMARTS) is 1. The first-order chi connectivity index (χ1) is 27.0. The molecule has 0 bridgehead atoms. The van der Waals surface area contributed by atoms with Crippen molar-refractivity contribution in [3.8, 4) is 0 Å². The summed E-state index contributed by atoms with van der Waals surface area (Å²) in [6.07, 6.45) is 1.63. The molecule has 0 fully saturated rings. The van der Waals surface area contributed by atoms with Gasteiger partial charge in [-0.15, -0.1) is 0 Å².